The van der Waals surface area contributed by atoms with Crippen LogP contribution in [-0.2, 0) is 5.41 Å². The predicted octanol–water partition coefficient (Wildman–Crippen LogP) is 14.2. The van der Waals surface area contributed by atoms with E-state index in [-0.39, 0.29) is 0 Å². The first-order chi connectivity index (χ1) is 31.7. The average molecular weight is 817 g/mol. The summed E-state index contributed by atoms with van der Waals surface area (Å²) in [6.45, 7) is 0. The Morgan fingerprint density at radius 2 is 0.812 bits per heavy atom. The van der Waals surface area contributed by atoms with Gasteiger partial charge >= 0.3 is 0 Å². The van der Waals surface area contributed by atoms with Crippen LogP contribution >= 0.6 is 0 Å². The first-order valence-electron chi connectivity index (χ1n) is 21.4. The highest BCUT2D eigenvalue weighted by Crippen LogP contribution is 2.62. The molecule has 0 saturated heterocycles. The van der Waals surface area contributed by atoms with Crippen molar-refractivity contribution in [1.82, 2.24) is 15.0 Å². The van der Waals surface area contributed by atoms with Gasteiger partial charge in [-0.2, -0.15) is 5.26 Å². The highest BCUT2D eigenvalue weighted by molar-refractivity contribution is 5.92. The Balaban J connectivity index is 1.03. The predicted molar refractivity (Wildman–Crippen MR) is 255 cm³/mol. The van der Waals surface area contributed by atoms with E-state index in [0.717, 1.165) is 95.0 Å². The molecule has 9 aromatic carbocycles. The second kappa shape index (κ2) is 15.0. The lowest BCUT2D eigenvalue weighted by Crippen LogP contribution is -2.32. The molecule has 0 saturated carbocycles. The second-order valence-corrected chi connectivity index (χ2v) is 16.2. The van der Waals surface area contributed by atoms with Crippen molar-refractivity contribution in [3.8, 4) is 96.2 Å². The smallest absolute Gasteiger partial charge is 0.164 e. The molecule has 298 valence electrons. The number of nitrogens with zero attached hydrogens (tertiary/aromatic N) is 4. The Bertz CT molecular complexity index is 3450. The molecule has 2 aliphatic rings. The van der Waals surface area contributed by atoms with Gasteiger partial charge in [-0.25, -0.2) is 15.0 Å². The molecule has 12 rings (SSSR count). The molecule has 0 fully saturated rings. The topological polar surface area (TPSA) is 71.7 Å². The van der Waals surface area contributed by atoms with Crippen molar-refractivity contribution in [1.29, 1.82) is 5.26 Å². The van der Waals surface area contributed by atoms with Crippen LogP contribution in [0.4, 0.5) is 0 Å². The van der Waals surface area contributed by atoms with E-state index in [1.165, 1.54) is 0 Å². The van der Waals surface area contributed by atoms with Gasteiger partial charge in [0.05, 0.1) is 17.0 Å². The fourth-order valence-electron chi connectivity index (χ4n) is 9.83. The van der Waals surface area contributed by atoms with E-state index >= 15 is 0 Å². The SMILES string of the molecule is N#Cc1ccc2c(c1)C1(c3ccccc3Oc3ccccc31)c1cc(-c3cccc(-c4nc(-c5ccccc5)nc(-c5ccccc5-c5ccccc5-c5ccccc5)n4)c3)ccc1-2. The van der Waals surface area contributed by atoms with Gasteiger partial charge in [0.2, 0.25) is 0 Å². The Labute approximate surface area is 371 Å². The molecule has 0 atom stereocenters. The maximum absolute atomic E-state index is 10.2. The maximum atomic E-state index is 10.2. The van der Waals surface area contributed by atoms with Crippen molar-refractivity contribution < 1.29 is 4.74 Å². The molecule has 10 aromatic rings. The van der Waals surface area contributed by atoms with Crippen LogP contribution in [0.3, 0.4) is 0 Å². The van der Waals surface area contributed by atoms with E-state index in [9.17, 15) is 5.26 Å². The average Bonchev–Trinajstić information content (AvgIpc) is 3.65. The van der Waals surface area contributed by atoms with Crippen LogP contribution in [0.15, 0.2) is 218 Å². The van der Waals surface area contributed by atoms with Gasteiger partial charge in [0.25, 0.3) is 0 Å². The van der Waals surface area contributed by atoms with Crippen LogP contribution in [0.5, 0.6) is 11.5 Å². The van der Waals surface area contributed by atoms with Crippen LogP contribution in [0.1, 0.15) is 27.8 Å². The fraction of sp³-hybridized carbons (Fsp3) is 0.0169. The number of hydrogen-bond donors (Lipinski definition) is 0. The van der Waals surface area contributed by atoms with Crippen molar-refractivity contribution in [2.24, 2.45) is 0 Å². The van der Waals surface area contributed by atoms with E-state index in [1.54, 1.807) is 0 Å². The molecule has 1 aliphatic carbocycles. The van der Waals surface area contributed by atoms with Crippen molar-refractivity contribution in [3.05, 3.63) is 246 Å². The molecule has 0 N–H and O–H groups in total. The van der Waals surface area contributed by atoms with Gasteiger partial charge in [-0.15, -0.1) is 0 Å². The molecule has 5 heteroatoms. The molecule has 0 radical (unpaired) electrons. The number of aromatic nitrogens is 3. The Kier molecular flexibility index (Phi) is 8.70. The Morgan fingerprint density at radius 1 is 0.328 bits per heavy atom. The number of benzene rings is 9. The van der Waals surface area contributed by atoms with Crippen molar-refractivity contribution >= 4 is 0 Å². The van der Waals surface area contributed by atoms with E-state index in [1.807, 2.05) is 72.8 Å². The van der Waals surface area contributed by atoms with Crippen molar-refractivity contribution in [2.75, 3.05) is 0 Å². The minimum Gasteiger partial charge on any atom is -0.457 e. The molecule has 0 bridgehead atoms. The second-order valence-electron chi connectivity index (χ2n) is 16.2. The van der Waals surface area contributed by atoms with Gasteiger partial charge < -0.3 is 4.74 Å². The highest BCUT2D eigenvalue weighted by atomic mass is 16.5. The largest absolute Gasteiger partial charge is 0.457 e. The third kappa shape index (κ3) is 5.89. The fourth-order valence-corrected chi connectivity index (χ4v) is 9.83. The molecule has 0 amide bonds. The summed E-state index contributed by atoms with van der Waals surface area (Å²) in [5.74, 6) is 3.39. The maximum Gasteiger partial charge on any atom is 0.164 e. The van der Waals surface area contributed by atoms with Gasteiger partial charge in [-0.05, 0) is 92.0 Å². The van der Waals surface area contributed by atoms with Crippen molar-refractivity contribution in [3.63, 3.8) is 0 Å². The third-order valence-electron chi connectivity index (χ3n) is 12.7. The Hall–Kier alpha value is -8.72. The number of hydrogen-bond acceptors (Lipinski definition) is 5. The van der Waals surface area contributed by atoms with E-state index < -0.39 is 5.41 Å². The highest BCUT2D eigenvalue weighted by Gasteiger charge is 2.51. The monoisotopic (exact) mass is 816 g/mol. The van der Waals surface area contributed by atoms with Gasteiger partial charge in [0, 0.05) is 27.8 Å². The lowest BCUT2D eigenvalue weighted by atomic mass is 9.65. The zero-order valence-electron chi connectivity index (χ0n) is 34.5. The molecule has 0 unspecified atom stereocenters. The zero-order valence-corrected chi connectivity index (χ0v) is 34.5. The standard InChI is InChI=1S/C59H36N4O/c60-37-38-30-32-47-48-33-31-42(36-53(48)59(52(47)34-38)50-26-11-13-28-54(50)64-55-29-14-12-27-51(55)59)41-20-15-21-43(35-41)57-61-56(40-18-5-2-6-19-40)62-58(63-57)49-25-10-9-24-46(49)45-23-8-7-22-44(45)39-16-3-1-4-17-39/h1-36H. The van der Waals surface area contributed by atoms with Gasteiger partial charge in [-0.3, -0.25) is 0 Å². The normalized spacial score (nSPS) is 12.6. The van der Waals surface area contributed by atoms with Crippen molar-refractivity contribution in [2.45, 2.75) is 5.41 Å². The lowest BCUT2D eigenvalue weighted by molar-refractivity contribution is 0.436. The first-order valence-corrected chi connectivity index (χ1v) is 21.4. The summed E-state index contributed by atoms with van der Waals surface area (Å²) >= 11 is 0. The molecular weight excluding hydrogens is 781 g/mol. The van der Waals surface area contributed by atoms with Gasteiger partial charge in [0.15, 0.2) is 17.5 Å². The molecule has 2 heterocycles. The van der Waals surface area contributed by atoms with E-state index in [0.29, 0.717) is 23.0 Å². The molecule has 1 spiro atoms. The quantitative estimate of drug-likeness (QED) is 0.167. The van der Waals surface area contributed by atoms with Crippen LogP contribution in [0.2, 0.25) is 0 Å². The summed E-state index contributed by atoms with van der Waals surface area (Å²) in [4.78, 5) is 15.6. The Morgan fingerprint density at radius 3 is 1.50 bits per heavy atom. The number of rotatable bonds is 6. The summed E-state index contributed by atoms with van der Waals surface area (Å²) < 4.78 is 6.59. The van der Waals surface area contributed by atoms with Crippen LogP contribution in [0, 0.1) is 11.3 Å². The summed E-state index contributed by atoms with van der Waals surface area (Å²) in [7, 11) is 0. The first kappa shape index (κ1) is 37.1. The summed E-state index contributed by atoms with van der Waals surface area (Å²) in [6.07, 6.45) is 0. The summed E-state index contributed by atoms with van der Waals surface area (Å²) in [6, 6.07) is 77.8. The number of fused-ring (bicyclic) bond motifs is 9. The number of ether oxygens (including phenoxy) is 1. The zero-order chi connectivity index (χ0) is 42.6. The van der Waals surface area contributed by atoms with Crippen LogP contribution < -0.4 is 4.74 Å². The minimum atomic E-state index is -0.712. The van der Waals surface area contributed by atoms with Crippen LogP contribution in [-0.4, -0.2) is 15.0 Å². The van der Waals surface area contributed by atoms with Gasteiger partial charge in [-0.1, -0.05) is 182 Å². The van der Waals surface area contributed by atoms with E-state index in [2.05, 4.69) is 152 Å². The molecule has 1 aromatic heterocycles. The van der Waals surface area contributed by atoms with Gasteiger partial charge in [0.1, 0.15) is 11.5 Å². The molecule has 1 aliphatic heterocycles. The molecular formula is C59H36N4O. The lowest BCUT2D eigenvalue weighted by Gasteiger charge is -2.39. The molecule has 64 heavy (non-hydrogen) atoms. The van der Waals surface area contributed by atoms with Crippen LogP contribution in [0.25, 0.3) is 78.7 Å². The molecule has 5 nitrogen and oxygen atoms in total. The number of para-hydroxylation sites is 2. The summed E-state index contributed by atoms with van der Waals surface area (Å²) in [5, 5.41) is 10.2. The van der Waals surface area contributed by atoms with E-state index in [4.69, 9.17) is 19.7 Å². The third-order valence-corrected chi connectivity index (χ3v) is 12.7. The number of nitriles is 1. The minimum absolute atomic E-state index is 0.582. The summed E-state index contributed by atoms with van der Waals surface area (Å²) in [5.41, 5.74) is 15.7.